The number of aromatic nitrogens is 3. The normalized spacial score (nSPS) is 16.3. The van der Waals surface area contributed by atoms with E-state index in [4.69, 9.17) is 4.74 Å². The first kappa shape index (κ1) is 26.6. The molecule has 0 bridgehead atoms. The van der Waals surface area contributed by atoms with Gasteiger partial charge >= 0.3 is 5.97 Å². The predicted molar refractivity (Wildman–Crippen MR) is 130 cm³/mol. The van der Waals surface area contributed by atoms with Gasteiger partial charge in [0.15, 0.2) is 5.69 Å². The van der Waals surface area contributed by atoms with E-state index in [0.717, 1.165) is 0 Å². The Balaban J connectivity index is 1.58. The number of thiazole rings is 1. The highest BCUT2D eigenvalue weighted by atomic mass is 32.1. The van der Waals surface area contributed by atoms with E-state index in [1.165, 1.54) is 47.5 Å². The number of nitrogens with one attached hydrogen (secondary N) is 1. The number of alkyl halides is 2. The molecule has 37 heavy (non-hydrogen) atoms. The number of likely N-dealkylation sites (tertiary alicyclic amines) is 1. The summed E-state index contributed by atoms with van der Waals surface area (Å²) in [6.07, 6.45) is 1.48. The number of halogens is 3. The van der Waals surface area contributed by atoms with Crippen molar-refractivity contribution in [2.24, 2.45) is 0 Å². The molecule has 2 N–H and O–H groups in total. The molecular formula is C24H26F3N5O4S. The van der Waals surface area contributed by atoms with Crippen LogP contribution in [0.25, 0.3) is 16.4 Å². The third-order valence-corrected chi connectivity index (χ3v) is 6.76. The van der Waals surface area contributed by atoms with Crippen molar-refractivity contribution in [3.8, 4) is 22.1 Å². The van der Waals surface area contributed by atoms with Crippen LogP contribution in [0.2, 0.25) is 0 Å². The first-order valence-corrected chi connectivity index (χ1v) is 12.5. The molecule has 1 aliphatic rings. The monoisotopic (exact) mass is 537 g/mol. The Kier molecular flexibility index (Phi) is 8.13. The highest BCUT2D eigenvalue weighted by molar-refractivity contribution is 7.12. The quantitative estimate of drug-likeness (QED) is 0.405. The second kappa shape index (κ2) is 11.3. The van der Waals surface area contributed by atoms with Gasteiger partial charge in [-0.2, -0.15) is 5.10 Å². The van der Waals surface area contributed by atoms with Crippen LogP contribution in [0.5, 0.6) is 5.75 Å². The van der Waals surface area contributed by atoms with E-state index in [1.54, 1.807) is 16.3 Å². The van der Waals surface area contributed by atoms with Gasteiger partial charge in [0, 0.05) is 30.6 Å². The van der Waals surface area contributed by atoms with Crippen LogP contribution in [0.1, 0.15) is 36.2 Å². The Morgan fingerprint density at radius 3 is 2.84 bits per heavy atom. The molecule has 1 saturated heterocycles. The highest BCUT2D eigenvalue weighted by Crippen LogP contribution is 2.35. The van der Waals surface area contributed by atoms with Gasteiger partial charge in [0.05, 0.1) is 31.3 Å². The smallest absolute Gasteiger partial charge is 0.305 e. The van der Waals surface area contributed by atoms with Crippen LogP contribution in [0.15, 0.2) is 35.8 Å². The van der Waals surface area contributed by atoms with Gasteiger partial charge in [-0.15, -0.1) is 11.3 Å². The van der Waals surface area contributed by atoms with Crippen molar-refractivity contribution in [3.63, 3.8) is 0 Å². The zero-order chi connectivity index (χ0) is 26.6. The number of aliphatic carboxylic acids is 1. The molecule has 198 valence electrons. The van der Waals surface area contributed by atoms with E-state index in [9.17, 15) is 27.9 Å². The topological polar surface area (TPSA) is 110 Å². The fourth-order valence-corrected chi connectivity index (χ4v) is 4.93. The lowest BCUT2D eigenvalue weighted by atomic mass is 10.1. The minimum absolute atomic E-state index is 0.0832. The summed E-state index contributed by atoms with van der Waals surface area (Å²) in [5.74, 6) is -4.96. The Bertz CT molecular complexity index is 1250. The molecule has 9 nitrogen and oxygen atoms in total. The predicted octanol–water partition coefficient (Wildman–Crippen LogP) is 3.84. The average molecular weight is 538 g/mol. The number of rotatable bonds is 10. The second-order valence-electron chi connectivity index (χ2n) is 8.75. The summed E-state index contributed by atoms with van der Waals surface area (Å²) in [4.78, 5) is 30.3. The number of nitrogens with zero attached hydrogens (tertiary/aromatic N) is 4. The van der Waals surface area contributed by atoms with Crippen LogP contribution in [-0.4, -0.2) is 75.4 Å². The van der Waals surface area contributed by atoms with Crippen molar-refractivity contribution in [1.29, 1.82) is 0 Å². The summed E-state index contributed by atoms with van der Waals surface area (Å²) >= 11 is 1.23. The molecule has 1 fully saturated rings. The minimum Gasteiger partial charge on any atom is -0.496 e. The van der Waals surface area contributed by atoms with Gasteiger partial charge in [0.1, 0.15) is 11.6 Å². The molecule has 2 aromatic heterocycles. The molecule has 0 unspecified atom stereocenters. The maximum absolute atomic E-state index is 14.9. The molecular weight excluding hydrogens is 511 g/mol. The van der Waals surface area contributed by atoms with Crippen LogP contribution >= 0.6 is 11.3 Å². The Labute approximate surface area is 214 Å². The molecule has 1 amide bonds. The molecule has 1 atom stereocenters. The molecule has 0 spiro atoms. The molecule has 0 radical (unpaired) electrons. The molecule has 13 heteroatoms. The number of methoxy groups -OCH3 is 1. The van der Waals surface area contributed by atoms with E-state index in [1.807, 2.05) is 0 Å². The van der Waals surface area contributed by atoms with Crippen LogP contribution < -0.4 is 10.1 Å². The molecule has 1 aromatic carbocycles. The van der Waals surface area contributed by atoms with Crippen molar-refractivity contribution in [2.45, 2.75) is 37.6 Å². The van der Waals surface area contributed by atoms with Gasteiger partial charge in [-0.1, -0.05) is 6.07 Å². The average Bonchev–Trinajstić information content (AvgIpc) is 3.51. The van der Waals surface area contributed by atoms with Gasteiger partial charge in [-0.25, -0.2) is 22.8 Å². The lowest BCUT2D eigenvalue weighted by Gasteiger charge is -2.33. The molecule has 0 aliphatic carbocycles. The lowest BCUT2D eigenvalue weighted by Crippen LogP contribution is -2.45. The van der Waals surface area contributed by atoms with Gasteiger partial charge < -0.3 is 15.2 Å². The standard InChI is InChI=1S/C24H26F3N5O4S/c1-36-19-5-2-4-16(25)21(19)18-13-17(30-32(18)23-28-8-11-37-23)22(35)29-15(12-20(33)34)6-10-31-9-3-7-24(26,27)14-31/h2,4-5,8,11,13,15H,3,6-7,9-10,12,14H2,1H3,(H,29,35)(H,33,34)/t15-/m0/s1. The molecule has 3 heterocycles. The highest BCUT2D eigenvalue weighted by Gasteiger charge is 2.35. The van der Waals surface area contributed by atoms with Gasteiger partial charge in [-0.3, -0.25) is 14.5 Å². The van der Waals surface area contributed by atoms with Gasteiger partial charge in [-0.05, 0) is 37.6 Å². The van der Waals surface area contributed by atoms with E-state index >= 15 is 0 Å². The van der Waals surface area contributed by atoms with Crippen molar-refractivity contribution in [3.05, 3.63) is 47.4 Å². The van der Waals surface area contributed by atoms with E-state index in [2.05, 4.69) is 15.4 Å². The summed E-state index contributed by atoms with van der Waals surface area (Å²) in [6.45, 7) is 0.293. The zero-order valence-corrected chi connectivity index (χ0v) is 20.8. The maximum Gasteiger partial charge on any atom is 0.305 e. The van der Waals surface area contributed by atoms with Crippen molar-refractivity contribution in [1.82, 2.24) is 25.0 Å². The number of benzene rings is 1. The molecule has 4 rings (SSSR count). The lowest BCUT2D eigenvalue weighted by molar-refractivity contribution is -0.137. The molecule has 3 aromatic rings. The second-order valence-corrected chi connectivity index (χ2v) is 9.62. The fraction of sp³-hybridized carbons (Fsp3) is 0.417. The summed E-state index contributed by atoms with van der Waals surface area (Å²) in [5, 5.41) is 18.4. The number of carbonyl (C=O) groups excluding carboxylic acids is 1. The number of hydrogen-bond donors (Lipinski definition) is 2. The number of carbonyl (C=O) groups is 2. The first-order chi connectivity index (χ1) is 17.7. The largest absolute Gasteiger partial charge is 0.496 e. The maximum atomic E-state index is 14.9. The summed E-state index contributed by atoms with van der Waals surface area (Å²) < 4.78 is 49.0. The number of carboxylic acid groups (broad SMARTS) is 1. The van der Waals surface area contributed by atoms with Crippen LogP contribution in [0.4, 0.5) is 13.2 Å². The van der Waals surface area contributed by atoms with Gasteiger partial charge in [0.2, 0.25) is 5.13 Å². The number of carboxylic acids is 1. The van der Waals surface area contributed by atoms with Crippen LogP contribution in [-0.2, 0) is 4.79 Å². The summed E-state index contributed by atoms with van der Waals surface area (Å²) in [5.41, 5.74) is 0.218. The first-order valence-electron chi connectivity index (χ1n) is 11.6. The van der Waals surface area contributed by atoms with Crippen LogP contribution in [0, 0.1) is 5.82 Å². The number of piperidine rings is 1. The van der Waals surface area contributed by atoms with E-state index < -0.39 is 42.6 Å². The van der Waals surface area contributed by atoms with Crippen LogP contribution in [0.3, 0.4) is 0 Å². The third kappa shape index (κ3) is 6.46. The molecule has 0 saturated carbocycles. The Morgan fingerprint density at radius 1 is 1.35 bits per heavy atom. The van der Waals surface area contributed by atoms with E-state index in [-0.39, 0.29) is 42.1 Å². The molecule has 1 aliphatic heterocycles. The summed E-state index contributed by atoms with van der Waals surface area (Å²) in [7, 11) is 1.39. The van der Waals surface area contributed by atoms with Crippen molar-refractivity contribution in [2.75, 3.05) is 26.7 Å². The Morgan fingerprint density at radius 2 is 2.16 bits per heavy atom. The fourth-order valence-electron chi connectivity index (χ4n) is 4.33. The van der Waals surface area contributed by atoms with Gasteiger partial charge in [0.25, 0.3) is 11.8 Å². The van der Waals surface area contributed by atoms with Crippen molar-refractivity contribution >= 4 is 23.2 Å². The SMILES string of the molecule is COc1cccc(F)c1-c1cc(C(=O)N[C@@H](CCN2CCCC(F)(F)C2)CC(=O)O)nn1-c1nccs1. The number of amides is 1. The number of hydrogen-bond acceptors (Lipinski definition) is 7. The zero-order valence-electron chi connectivity index (χ0n) is 20.0. The summed E-state index contributed by atoms with van der Waals surface area (Å²) in [6, 6.07) is 4.87. The third-order valence-electron chi connectivity index (χ3n) is 6.02. The Hall–Kier alpha value is -3.45. The van der Waals surface area contributed by atoms with E-state index in [0.29, 0.717) is 18.1 Å². The van der Waals surface area contributed by atoms with Crippen molar-refractivity contribution < 1.29 is 32.6 Å². The number of ether oxygens (including phenoxy) is 1. The minimum atomic E-state index is -2.78.